The van der Waals surface area contributed by atoms with Gasteiger partial charge in [-0.1, -0.05) is 18.2 Å². The molecule has 0 unspecified atom stereocenters. The van der Waals surface area contributed by atoms with E-state index in [4.69, 9.17) is 0 Å². The van der Waals surface area contributed by atoms with Crippen molar-refractivity contribution in [2.45, 2.75) is 20.8 Å². The first-order valence-corrected chi connectivity index (χ1v) is 8.05. The summed E-state index contributed by atoms with van der Waals surface area (Å²) in [7, 11) is 0. The fourth-order valence-corrected chi connectivity index (χ4v) is 2.55. The lowest BCUT2D eigenvalue weighted by molar-refractivity contribution is 0.104. The van der Waals surface area contributed by atoms with Gasteiger partial charge in [0.15, 0.2) is 5.78 Å². The molecule has 0 fully saturated rings. The average molecular weight is 334 g/mol. The number of benzene rings is 2. The molecule has 0 aliphatic carbocycles. The van der Waals surface area contributed by atoms with Crippen LogP contribution >= 0.6 is 0 Å². The van der Waals surface area contributed by atoms with E-state index in [1.54, 1.807) is 19.1 Å². The maximum Gasteiger partial charge on any atom is 0.188 e. The number of halogens is 1. The molecule has 3 rings (SSSR count). The number of H-pyrrole nitrogens is 1. The number of aromatic nitrogens is 2. The second-order valence-electron chi connectivity index (χ2n) is 6.19. The van der Waals surface area contributed by atoms with Crippen molar-refractivity contribution in [2.24, 2.45) is 0 Å². The Bertz CT molecular complexity index is 970. The molecular formula is C21H19FN2O. The van der Waals surface area contributed by atoms with Gasteiger partial charge in [0, 0.05) is 5.56 Å². The largest absolute Gasteiger partial charge is 0.289 e. The summed E-state index contributed by atoms with van der Waals surface area (Å²) in [6.45, 7) is 5.90. The third kappa shape index (κ3) is 3.74. The van der Waals surface area contributed by atoms with E-state index in [-0.39, 0.29) is 11.3 Å². The molecule has 1 N–H and O–H groups in total. The van der Waals surface area contributed by atoms with E-state index in [1.165, 1.54) is 29.3 Å². The SMILES string of the molecule is Cc1ccc(C(=O)/C=C/c2cc(-c3ccc(C)c(C)c3)n[nH]2)c(F)c1. The molecule has 0 radical (unpaired) electrons. The number of nitrogens with one attached hydrogen (secondary N) is 1. The van der Waals surface area contributed by atoms with Gasteiger partial charge in [-0.15, -0.1) is 0 Å². The second kappa shape index (κ2) is 6.85. The van der Waals surface area contributed by atoms with E-state index < -0.39 is 5.82 Å². The minimum Gasteiger partial charge on any atom is -0.289 e. The highest BCUT2D eigenvalue weighted by atomic mass is 19.1. The summed E-state index contributed by atoms with van der Waals surface area (Å²) in [5, 5.41) is 7.16. The number of hydrogen-bond acceptors (Lipinski definition) is 2. The lowest BCUT2D eigenvalue weighted by Gasteiger charge is -2.01. The normalized spacial score (nSPS) is 11.2. The maximum atomic E-state index is 13.8. The standard InChI is InChI=1S/C21H19FN2O/c1-13-4-8-18(19(22)10-13)21(25)9-7-17-12-20(24-23-17)16-6-5-14(2)15(3)11-16/h4-12H,1-3H3,(H,23,24)/b9-7+. The number of rotatable bonds is 4. The Morgan fingerprint density at radius 3 is 2.56 bits per heavy atom. The van der Waals surface area contributed by atoms with E-state index in [9.17, 15) is 9.18 Å². The lowest BCUT2D eigenvalue weighted by Crippen LogP contribution is -1.98. The van der Waals surface area contributed by atoms with Gasteiger partial charge in [-0.2, -0.15) is 5.10 Å². The predicted octanol–water partition coefficient (Wildman–Crippen LogP) is 5.04. The first-order chi connectivity index (χ1) is 11.9. The Labute approximate surface area is 146 Å². The lowest BCUT2D eigenvalue weighted by atomic mass is 10.0. The molecule has 0 spiro atoms. The van der Waals surface area contributed by atoms with Crippen LogP contribution < -0.4 is 0 Å². The molecule has 4 heteroatoms. The van der Waals surface area contributed by atoms with E-state index in [0.717, 1.165) is 16.8 Å². The molecule has 1 heterocycles. The molecule has 126 valence electrons. The highest BCUT2D eigenvalue weighted by molar-refractivity contribution is 6.06. The minimum absolute atomic E-state index is 0.0655. The molecule has 25 heavy (non-hydrogen) atoms. The van der Waals surface area contributed by atoms with Crippen LogP contribution in [0.1, 0.15) is 32.7 Å². The monoisotopic (exact) mass is 334 g/mol. The Morgan fingerprint density at radius 2 is 1.84 bits per heavy atom. The molecule has 0 amide bonds. The summed E-state index contributed by atoms with van der Waals surface area (Å²) in [6.07, 6.45) is 2.96. The molecule has 3 aromatic rings. The Balaban J connectivity index is 1.79. The quantitative estimate of drug-likeness (QED) is 0.537. The predicted molar refractivity (Wildman–Crippen MR) is 98.0 cm³/mol. The van der Waals surface area contributed by atoms with Gasteiger partial charge < -0.3 is 0 Å². The van der Waals surface area contributed by atoms with Crippen LogP contribution in [0.4, 0.5) is 4.39 Å². The third-order valence-electron chi connectivity index (χ3n) is 4.20. The minimum atomic E-state index is -0.505. The summed E-state index contributed by atoms with van der Waals surface area (Å²) >= 11 is 0. The molecule has 3 nitrogen and oxygen atoms in total. The number of ketones is 1. The van der Waals surface area contributed by atoms with Crippen LogP contribution in [0, 0.1) is 26.6 Å². The number of carbonyl (C=O) groups is 1. The molecular weight excluding hydrogens is 315 g/mol. The number of aryl methyl sites for hydroxylation is 3. The van der Waals surface area contributed by atoms with Crippen molar-refractivity contribution in [3.8, 4) is 11.3 Å². The van der Waals surface area contributed by atoms with Crippen molar-refractivity contribution in [2.75, 3.05) is 0 Å². The second-order valence-corrected chi connectivity index (χ2v) is 6.19. The number of allylic oxidation sites excluding steroid dienone is 1. The zero-order chi connectivity index (χ0) is 18.0. The topological polar surface area (TPSA) is 45.8 Å². The van der Waals surface area contributed by atoms with Crippen LogP contribution in [0.5, 0.6) is 0 Å². The molecule has 0 bridgehead atoms. The molecule has 0 aliphatic heterocycles. The summed E-state index contributed by atoms with van der Waals surface area (Å²) < 4.78 is 13.8. The van der Waals surface area contributed by atoms with Crippen LogP contribution in [0.25, 0.3) is 17.3 Å². The van der Waals surface area contributed by atoms with Gasteiger partial charge in [-0.25, -0.2) is 4.39 Å². The van der Waals surface area contributed by atoms with Crippen molar-refractivity contribution in [1.29, 1.82) is 0 Å². The van der Waals surface area contributed by atoms with Crippen molar-refractivity contribution in [3.05, 3.63) is 82.3 Å². The van der Waals surface area contributed by atoms with Crippen molar-refractivity contribution < 1.29 is 9.18 Å². The molecule has 2 aromatic carbocycles. The van der Waals surface area contributed by atoms with Crippen LogP contribution in [-0.2, 0) is 0 Å². The van der Waals surface area contributed by atoms with E-state index in [2.05, 4.69) is 36.2 Å². The zero-order valence-corrected chi connectivity index (χ0v) is 14.4. The van der Waals surface area contributed by atoms with Gasteiger partial charge in [0.1, 0.15) is 5.82 Å². The third-order valence-corrected chi connectivity index (χ3v) is 4.20. The summed E-state index contributed by atoms with van der Waals surface area (Å²) in [5.41, 5.74) is 5.77. The number of carbonyl (C=O) groups excluding carboxylic acids is 1. The van der Waals surface area contributed by atoms with Gasteiger partial charge in [-0.05, 0) is 73.9 Å². The number of aromatic amines is 1. The smallest absolute Gasteiger partial charge is 0.188 e. The number of hydrogen-bond donors (Lipinski definition) is 1. The molecule has 0 saturated heterocycles. The summed E-state index contributed by atoms with van der Waals surface area (Å²) in [6, 6.07) is 12.6. The number of nitrogens with zero attached hydrogens (tertiary/aromatic N) is 1. The van der Waals surface area contributed by atoms with Gasteiger partial charge in [0.05, 0.1) is 17.0 Å². The molecule has 1 aromatic heterocycles. The maximum absolute atomic E-state index is 13.8. The summed E-state index contributed by atoms with van der Waals surface area (Å²) in [5.74, 6) is -0.880. The van der Waals surface area contributed by atoms with Crippen LogP contribution in [0.3, 0.4) is 0 Å². The van der Waals surface area contributed by atoms with Crippen LogP contribution in [0.2, 0.25) is 0 Å². The fourth-order valence-electron chi connectivity index (χ4n) is 2.55. The first kappa shape index (κ1) is 16.8. The Hall–Kier alpha value is -3.01. The van der Waals surface area contributed by atoms with Crippen molar-refractivity contribution in [3.63, 3.8) is 0 Å². The van der Waals surface area contributed by atoms with Gasteiger partial charge >= 0.3 is 0 Å². The van der Waals surface area contributed by atoms with Crippen LogP contribution in [-0.4, -0.2) is 16.0 Å². The molecule has 0 atom stereocenters. The molecule has 0 aliphatic rings. The highest BCUT2D eigenvalue weighted by Crippen LogP contribution is 2.21. The average Bonchev–Trinajstić information content (AvgIpc) is 3.04. The Morgan fingerprint density at radius 1 is 1.04 bits per heavy atom. The first-order valence-electron chi connectivity index (χ1n) is 8.05. The van der Waals surface area contributed by atoms with Gasteiger partial charge in [0.2, 0.25) is 0 Å². The van der Waals surface area contributed by atoms with Crippen LogP contribution in [0.15, 0.2) is 48.5 Å². The van der Waals surface area contributed by atoms with E-state index in [0.29, 0.717) is 5.69 Å². The van der Waals surface area contributed by atoms with E-state index in [1.807, 2.05) is 12.1 Å². The van der Waals surface area contributed by atoms with E-state index >= 15 is 0 Å². The zero-order valence-electron chi connectivity index (χ0n) is 14.4. The Kier molecular flexibility index (Phi) is 4.61. The highest BCUT2D eigenvalue weighted by Gasteiger charge is 2.09. The molecule has 0 saturated carbocycles. The fraction of sp³-hybridized carbons (Fsp3) is 0.143. The van der Waals surface area contributed by atoms with Crippen molar-refractivity contribution >= 4 is 11.9 Å². The summed E-state index contributed by atoms with van der Waals surface area (Å²) in [4.78, 5) is 12.1. The van der Waals surface area contributed by atoms with Crippen molar-refractivity contribution in [1.82, 2.24) is 10.2 Å². The van der Waals surface area contributed by atoms with Gasteiger partial charge in [0.25, 0.3) is 0 Å². The van der Waals surface area contributed by atoms with Gasteiger partial charge in [-0.3, -0.25) is 9.89 Å².